The number of fused-ring (bicyclic) bond motifs is 1. The number of hydrogen-bond acceptors (Lipinski definition) is 2. The largest absolute Gasteiger partial charge is 0.361 e. The van der Waals surface area contributed by atoms with Crippen molar-refractivity contribution in [1.29, 1.82) is 0 Å². The first-order valence-electron chi connectivity index (χ1n) is 9.60. The lowest BCUT2D eigenvalue weighted by Crippen LogP contribution is -2.38. The second kappa shape index (κ2) is 8.25. The highest BCUT2D eigenvalue weighted by atomic mass is 35.5. The van der Waals surface area contributed by atoms with Crippen molar-refractivity contribution in [2.75, 3.05) is 26.2 Å². The minimum absolute atomic E-state index is 0.0257. The molecule has 1 aliphatic rings. The molecule has 4 rings (SSSR count). The first kappa shape index (κ1) is 19.5. The van der Waals surface area contributed by atoms with Crippen LogP contribution in [0.15, 0.2) is 48.7 Å². The smallest absolute Gasteiger partial charge is 0.255 e. The third-order valence-electron chi connectivity index (χ3n) is 5.31. The first-order valence-corrected chi connectivity index (χ1v) is 9.98. The summed E-state index contributed by atoms with van der Waals surface area (Å²) in [7, 11) is 0. The predicted molar refractivity (Wildman–Crippen MR) is 111 cm³/mol. The Kier molecular flexibility index (Phi) is 5.53. The molecule has 2 heterocycles. The van der Waals surface area contributed by atoms with Gasteiger partial charge >= 0.3 is 0 Å². The van der Waals surface area contributed by atoms with E-state index in [1.807, 2.05) is 0 Å². The molecule has 3 aromatic rings. The number of carbonyl (C=O) groups excluding carboxylic acids is 2. The van der Waals surface area contributed by atoms with Gasteiger partial charge in [-0.15, -0.1) is 0 Å². The lowest BCUT2D eigenvalue weighted by Gasteiger charge is -2.22. The van der Waals surface area contributed by atoms with E-state index in [4.69, 9.17) is 11.6 Å². The Balaban J connectivity index is 1.43. The van der Waals surface area contributed by atoms with E-state index in [1.54, 1.807) is 46.3 Å². The molecule has 150 valence electrons. The Hall–Kier alpha value is -2.86. The Morgan fingerprint density at radius 1 is 1.03 bits per heavy atom. The zero-order chi connectivity index (χ0) is 20.4. The Bertz CT molecular complexity index is 1070. The van der Waals surface area contributed by atoms with Gasteiger partial charge in [0.25, 0.3) is 5.91 Å². The fourth-order valence-corrected chi connectivity index (χ4v) is 3.96. The SMILES string of the molecule is O=C(Cc1c[nH]c2ccc(F)cc12)N1CCCN(C(=O)c2ccccc2Cl)CC1. The summed E-state index contributed by atoms with van der Waals surface area (Å²) in [5.74, 6) is -0.464. The molecule has 2 amide bonds. The number of hydrogen-bond donors (Lipinski definition) is 1. The van der Waals surface area contributed by atoms with Crippen LogP contribution in [0.5, 0.6) is 0 Å². The standard InChI is InChI=1S/C22H21ClFN3O2/c23-19-5-2-1-4-17(19)22(29)27-9-3-8-26(10-11-27)21(28)12-15-14-25-20-7-6-16(24)13-18(15)20/h1-2,4-7,13-14,25H,3,8-12H2. The molecule has 0 radical (unpaired) electrons. The van der Waals surface area contributed by atoms with Crippen LogP contribution in [-0.2, 0) is 11.2 Å². The van der Waals surface area contributed by atoms with Gasteiger partial charge in [-0.2, -0.15) is 0 Å². The molecule has 2 aromatic carbocycles. The molecule has 0 atom stereocenters. The van der Waals surface area contributed by atoms with Crippen LogP contribution in [-0.4, -0.2) is 52.8 Å². The maximum atomic E-state index is 13.6. The third kappa shape index (κ3) is 4.12. The van der Waals surface area contributed by atoms with Crippen LogP contribution in [0, 0.1) is 5.82 Å². The number of rotatable bonds is 3. The number of carbonyl (C=O) groups is 2. The van der Waals surface area contributed by atoms with Gasteiger partial charge in [0, 0.05) is 43.3 Å². The number of halogens is 2. The van der Waals surface area contributed by atoms with E-state index in [0.717, 1.165) is 16.5 Å². The van der Waals surface area contributed by atoms with Crippen molar-refractivity contribution in [3.8, 4) is 0 Å². The zero-order valence-electron chi connectivity index (χ0n) is 15.8. The van der Waals surface area contributed by atoms with Crippen molar-refractivity contribution in [2.24, 2.45) is 0 Å². The van der Waals surface area contributed by atoms with Gasteiger partial charge in [-0.25, -0.2) is 4.39 Å². The summed E-state index contributed by atoms with van der Waals surface area (Å²) in [5.41, 5.74) is 2.06. The van der Waals surface area contributed by atoms with Crippen LogP contribution in [0.4, 0.5) is 4.39 Å². The van der Waals surface area contributed by atoms with Gasteiger partial charge in [0.15, 0.2) is 0 Å². The van der Waals surface area contributed by atoms with Gasteiger partial charge in [0.05, 0.1) is 17.0 Å². The number of nitrogens with zero attached hydrogens (tertiary/aromatic N) is 2. The molecule has 1 aliphatic heterocycles. The summed E-state index contributed by atoms with van der Waals surface area (Å²) >= 11 is 6.15. The second-order valence-electron chi connectivity index (χ2n) is 7.19. The fraction of sp³-hybridized carbons (Fsp3) is 0.273. The van der Waals surface area contributed by atoms with E-state index in [9.17, 15) is 14.0 Å². The lowest BCUT2D eigenvalue weighted by molar-refractivity contribution is -0.130. The molecular formula is C22H21ClFN3O2. The molecule has 1 N–H and O–H groups in total. The average Bonchev–Trinajstić information content (AvgIpc) is 2.94. The molecule has 0 bridgehead atoms. The van der Waals surface area contributed by atoms with Crippen molar-refractivity contribution in [3.63, 3.8) is 0 Å². The first-order chi connectivity index (χ1) is 14.0. The van der Waals surface area contributed by atoms with Crippen molar-refractivity contribution < 1.29 is 14.0 Å². The highest BCUT2D eigenvalue weighted by Crippen LogP contribution is 2.21. The number of benzene rings is 2. The third-order valence-corrected chi connectivity index (χ3v) is 5.64. The van der Waals surface area contributed by atoms with E-state index in [2.05, 4.69) is 4.98 Å². The molecular weight excluding hydrogens is 393 g/mol. The number of aromatic amines is 1. The summed E-state index contributed by atoms with van der Waals surface area (Å²) in [6.07, 6.45) is 2.65. The van der Waals surface area contributed by atoms with E-state index >= 15 is 0 Å². The molecule has 0 saturated carbocycles. The van der Waals surface area contributed by atoms with E-state index < -0.39 is 0 Å². The van der Waals surface area contributed by atoms with Crippen LogP contribution < -0.4 is 0 Å². The van der Waals surface area contributed by atoms with Crippen LogP contribution in [0.2, 0.25) is 5.02 Å². The maximum Gasteiger partial charge on any atom is 0.255 e. The fourth-order valence-electron chi connectivity index (χ4n) is 3.75. The number of amides is 2. The van der Waals surface area contributed by atoms with Crippen molar-refractivity contribution >= 4 is 34.3 Å². The zero-order valence-corrected chi connectivity index (χ0v) is 16.6. The van der Waals surface area contributed by atoms with Crippen molar-refractivity contribution in [2.45, 2.75) is 12.8 Å². The van der Waals surface area contributed by atoms with E-state index in [1.165, 1.54) is 12.1 Å². The van der Waals surface area contributed by atoms with Gasteiger partial charge < -0.3 is 14.8 Å². The summed E-state index contributed by atoms with van der Waals surface area (Å²) in [5, 5.41) is 1.16. The summed E-state index contributed by atoms with van der Waals surface area (Å²) in [6.45, 7) is 2.08. The topological polar surface area (TPSA) is 56.4 Å². The highest BCUT2D eigenvalue weighted by molar-refractivity contribution is 6.33. The molecule has 1 fully saturated rings. The number of H-pyrrole nitrogens is 1. The van der Waals surface area contributed by atoms with Gasteiger partial charge in [-0.3, -0.25) is 9.59 Å². The summed E-state index contributed by atoms with van der Waals surface area (Å²) < 4.78 is 13.6. The quantitative estimate of drug-likeness (QED) is 0.708. The molecule has 29 heavy (non-hydrogen) atoms. The van der Waals surface area contributed by atoms with Crippen LogP contribution in [0.3, 0.4) is 0 Å². The Labute approximate surface area is 173 Å². The highest BCUT2D eigenvalue weighted by Gasteiger charge is 2.24. The Morgan fingerprint density at radius 2 is 1.79 bits per heavy atom. The molecule has 1 aromatic heterocycles. The second-order valence-corrected chi connectivity index (χ2v) is 7.59. The van der Waals surface area contributed by atoms with Crippen molar-refractivity contribution in [1.82, 2.24) is 14.8 Å². The molecule has 1 saturated heterocycles. The summed E-state index contributed by atoms with van der Waals surface area (Å²) in [4.78, 5) is 32.2. The van der Waals surface area contributed by atoms with Crippen molar-refractivity contribution in [3.05, 3.63) is 70.6 Å². The van der Waals surface area contributed by atoms with Crippen LogP contribution in [0.25, 0.3) is 10.9 Å². The molecule has 0 aliphatic carbocycles. The monoisotopic (exact) mass is 413 g/mol. The van der Waals surface area contributed by atoms with Gasteiger partial charge in [-0.1, -0.05) is 23.7 Å². The molecule has 5 nitrogen and oxygen atoms in total. The Morgan fingerprint density at radius 3 is 2.62 bits per heavy atom. The normalized spacial score (nSPS) is 14.8. The predicted octanol–water partition coefficient (Wildman–Crippen LogP) is 3.88. The minimum atomic E-state index is -0.325. The van der Waals surface area contributed by atoms with E-state index in [-0.39, 0.29) is 24.1 Å². The van der Waals surface area contributed by atoms with Gasteiger partial charge in [0.2, 0.25) is 5.91 Å². The lowest BCUT2D eigenvalue weighted by atomic mass is 10.1. The van der Waals surface area contributed by atoms with Crippen LogP contribution >= 0.6 is 11.6 Å². The molecule has 7 heteroatoms. The van der Waals surface area contributed by atoms with Crippen LogP contribution in [0.1, 0.15) is 22.3 Å². The molecule has 0 spiro atoms. The summed E-state index contributed by atoms with van der Waals surface area (Å²) in [6, 6.07) is 11.5. The van der Waals surface area contributed by atoms with E-state index in [0.29, 0.717) is 43.2 Å². The average molecular weight is 414 g/mol. The number of aromatic nitrogens is 1. The maximum absolute atomic E-state index is 13.6. The minimum Gasteiger partial charge on any atom is -0.361 e. The molecule has 0 unspecified atom stereocenters. The van der Waals surface area contributed by atoms with Gasteiger partial charge in [-0.05, 0) is 42.3 Å². The number of nitrogens with one attached hydrogen (secondary N) is 1. The van der Waals surface area contributed by atoms with Gasteiger partial charge in [0.1, 0.15) is 5.82 Å².